The average molecular weight is 1180 g/mol. The fraction of sp³-hybridized carbons (Fsp3) is 0.477. The smallest absolute Gasteiger partial charge is 0.223 e. The van der Waals surface area contributed by atoms with Crippen LogP contribution in [0.2, 0.25) is 0 Å². The SMILES string of the molecule is C=Cc1ccc(CSc2nnc(SCc3ccc(C(C)CC)cc3)s2)cc1.C=Cc1ccc(CSc2nnc(SCc3ccc(C(C)CC)cc3)s2)cc1.CCC(C)C(=O)NC(C)(C)C.CCC(C)C(=O)NC(C)(C)CC(C)C. The van der Waals surface area contributed by atoms with E-state index in [9.17, 15) is 9.59 Å². The van der Waals surface area contributed by atoms with Gasteiger partial charge in [-0.1, -0.05) is 261 Å². The van der Waals surface area contributed by atoms with E-state index >= 15 is 0 Å². The van der Waals surface area contributed by atoms with Crippen LogP contribution in [-0.2, 0) is 32.6 Å². The Bertz CT molecular complexity index is 2530. The molecule has 4 unspecified atom stereocenters. The molecule has 4 aromatic carbocycles. The monoisotopic (exact) mass is 1180 g/mol. The first-order chi connectivity index (χ1) is 37.5. The van der Waals surface area contributed by atoms with Crippen LogP contribution >= 0.6 is 69.7 Å². The fourth-order valence-electron chi connectivity index (χ4n) is 7.46. The molecule has 0 spiro atoms. The van der Waals surface area contributed by atoms with Crippen molar-refractivity contribution in [1.29, 1.82) is 0 Å². The van der Waals surface area contributed by atoms with E-state index in [1.54, 1.807) is 69.7 Å². The number of amides is 2. The number of rotatable bonds is 25. The van der Waals surface area contributed by atoms with Gasteiger partial charge >= 0.3 is 0 Å². The Hall–Kier alpha value is -4.18. The van der Waals surface area contributed by atoms with Crippen LogP contribution in [0.5, 0.6) is 0 Å². The third-order valence-electron chi connectivity index (χ3n) is 13.0. The second-order valence-corrected chi connectivity index (χ2v) is 29.0. The molecule has 79 heavy (non-hydrogen) atoms. The van der Waals surface area contributed by atoms with E-state index in [4.69, 9.17) is 0 Å². The van der Waals surface area contributed by atoms with E-state index in [1.807, 2.05) is 60.6 Å². The Morgan fingerprint density at radius 1 is 0.481 bits per heavy atom. The van der Waals surface area contributed by atoms with Gasteiger partial charge in [-0.25, -0.2) is 0 Å². The number of carbonyl (C=O) groups is 2. The highest BCUT2D eigenvalue weighted by molar-refractivity contribution is 8.03. The summed E-state index contributed by atoms with van der Waals surface area (Å²) in [6.07, 6.45) is 8.92. The van der Waals surface area contributed by atoms with E-state index in [0.717, 1.165) is 70.8 Å². The Labute approximate surface area is 502 Å². The summed E-state index contributed by atoms with van der Waals surface area (Å²) in [6.45, 7) is 39.1. The number of thioether (sulfide) groups is 4. The molecule has 0 fully saturated rings. The first-order valence-corrected chi connectivity index (χ1v) is 33.5. The van der Waals surface area contributed by atoms with Crippen molar-refractivity contribution in [2.45, 2.75) is 199 Å². The molecule has 2 heterocycles. The number of nitrogens with one attached hydrogen (secondary N) is 2. The lowest BCUT2D eigenvalue weighted by Crippen LogP contribution is -2.46. The van der Waals surface area contributed by atoms with E-state index in [2.05, 4.69) is 197 Å². The molecule has 0 saturated heterocycles. The summed E-state index contributed by atoms with van der Waals surface area (Å²) >= 11 is 10.4. The highest BCUT2D eigenvalue weighted by Crippen LogP contribution is 2.34. The molecule has 430 valence electrons. The summed E-state index contributed by atoms with van der Waals surface area (Å²) in [4.78, 5) is 22.9. The van der Waals surface area contributed by atoms with Gasteiger partial charge in [0.25, 0.3) is 0 Å². The third-order valence-corrected chi connectivity index (χ3v) is 19.6. The Morgan fingerprint density at radius 2 is 0.772 bits per heavy atom. The summed E-state index contributed by atoms with van der Waals surface area (Å²) in [6, 6.07) is 34.9. The molecule has 0 aliphatic rings. The number of hydrogen-bond acceptors (Lipinski definition) is 12. The van der Waals surface area contributed by atoms with Gasteiger partial charge in [-0.3, -0.25) is 9.59 Å². The van der Waals surface area contributed by atoms with Crippen molar-refractivity contribution < 1.29 is 9.59 Å². The second kappa shape index (κ2) is 36.3. The van der Waals surface area contributed by atoms with Gasteiger partial charge in [-0.2, -0.15) is 0 Å². The maximum Gasteiger partial charge on any atom is 0.223 e. The largest absolute Gasteiger partial charge is 0.351 e. The molecule has 8 nitrogen and oxygen atoms in total. The minimum Gasteiger partial charge on any atom is -0.351 e. The van der Waals surface area contributed by atoms with Gasteiger partial charge in [0.1, 0.15) is 0 Å². The minimum atomic E-state index is -0.0967. The number of aromatic nitrogens is 4. The highest BCUT2D eigenvalue weighted by atomic mass is 32.2. The summed E-state index contributed by atoms with van der Waals surface area (Å²) < 4.78 is 4.12. The lowest BCUT2D eigenvalue weighted by molar-refractivity contribution is -0.127. The normalized spacial score (nSPS) is 12.8. The maximum atomic E-state index is 11.7. The van der Waals surface area contributed by atoms with Gasteiger partial charge in [0, 0.05) is 45.9 Å². The summed E-state index contributed by atoms with van der Waals surface area (Å²) in [5.41, 5.74) is 10.2. The Kier molecular flexibility index (Phi) is 31.8. The molecule has 0 aliphatic heterocycles. The maximum absolute atomic E-state index is 11.7. The highest BCUT2D eigenvalue weighted by Gasteiger charge is 2.24. The molecule has 6 rings (SSSR count). The lowest BCUT2D eigenvalue weighted by Gasteiger charge is -2.29. The standard InChI is InChI=1S/2C22H24N2S3.C12H25NO.C9H19NO/c2*1-4-16(3)20-12-10-19(11-13-20)15-26-22-24-23-21(27-22)25-14-18-8-6-17(5-2)7-9-18;1-7-10(4)11(14)13-12(5,6)8-9(2)3;1-6-7(2)8(11)10-9(3,4)5/h2*5-13,16H,2,4,14-15H2,1,3H3;9-10H,7-8H2,1-6H3,(H,13,14);7H,6H2,1-5H3,(H,10,11). The first kappa shape index (κ1) is 69.1. The number of nitrogens with zero attached hydrogens (tertiary/aromatic N) is 4. The quantitative estimate of drug-likeness (QED) is 0.0538. The third kappa shape index (κ3) is 27.9. The molecular formula is C65H92N6O2S6. The summed E-state index contributed by atoms with van der Waals surface area (Å²) in [5.74, 6) is 6.15. The van der Waals surface area contributed by atoms with Crippen molar-refractivity contribution in [2.75, 3.05) is 0 Å². The zero-order valence-electron chi connectivity index (χ0n) is 50.1. The van der Waals surface area contributed by atoms with E-state index in [-0.39, 0.29) is 34.7 Å². The molecular weight excluding hydrogens is 1090 g/mol. The number of benzene rings is 4. The molecule has 0 aliphatic carbocycles. The molecule has 2 N–H and O–H groups in total. The van der Waals surface area contributed by atoms with Gasteiger partial charge in [-0.05, 0) is 129 Å². The fourth-order valence-corrected chi connectivity index (χ4v) is 13.3. The van der Waals surface area contributed by atoms with Crippen LogP contribution in [0.4, 0.5) is 0 Å². The lowest BCUT2D eigenvalue weighted by atomic mass is 9.92. The predicted molar refractivity (Wildman–Crippen MR) is 350 cm³/mol. The molecule has 0 saturated carbocycles. The van der Waals surface area contributed by atoms with Crippen LogP contribution in [0.15, 0.2) is 128 Å². The number of hydrogen-bond donors (Lipinski definition) is 2. The van der Waals surface area contributed by atoms with Crippen LogP contribution in [0.3, 0.4) is 0 Å². The van der Waals surface area contributed by atoms with Crippen molar-refractivity contribution in [1.82, 2.24) is 31.0 Å². The molecule has 0 bridgehead atoms. The molecule has 4 atom stereocenters. The predicted octanol–water partition coefficient (Wildman–Crippen LogP) is 19.5. The van der Waals surface area contributed by atoms with Crippen LogP contribution < -0.4 is 10.6 Å². The van der Waals surface area contributed by atoms with E-state index < -0.39 is 0 Å². The molecule has 0 radical (unpaired) electrons. The molecule has 2 amide bonds. The van der Waals surface area contributed by atoms with Crippen molar-refractivity contribution in [3.63, 3.8) is 0 Å². The molecule has 6 aromatic rings. The van der Waals surface area contributed by atoms with Gasteiger partial charge < -0.3 is 10.6 Å². The van der Waals surface area contributed by atoms with Crippen LogP contribution in [-0.4, -0.2) is 43.3 Å². The topological polar surface area (TPSA) is 110 Å². The first-order valence-electron chi connectivity index (χ1n) is 27.9. The zero-order valence-corrected chi connectivity index (χ0v) is 55.0. The van der Waals surface area contributed by atoms with Crippen molar-refractivity contribution in [2.24, 2.45) is 17.8 Å². The summed E-state index contributed by atoms with van der Waals surface area (Å²) in [5, 5.41) is 23.3. The van der Waals surface area contributed by atoms with Crippen molar-refractivity contribution >= 4 is 93.7 Å². The van der Waals surface area contributed by atoms with Crippen LogP contribution in [0, 0.1) is 17.8 Å². The number of carbonyl (C=O) groups excluding carboxylic acids is 2. The van der Waals surface area contributed by atoms with Crippen molar-refractivity contribution in [3.05, 3.63) is 155 Å². The summed E-state index contributed by atoms with van der Waals surface area (Å²) in [7, 11) is 0. The molecule has 14 heteroatoms. The van der Waals surface area contributed by atoms with Gasteiger partial charge in [-0.15, -0.1) is 20.4 Å². The zero-order chi connectivity index (χ0) is 58.5. The minimum absolute atomic E-state index is 0.0747. The van der Waals surface area contributed by atoms with Crippen molar-refractivity contribution in [3.8, 4) is 0 Å². The Balaban J connectivity index is 0.000000296. The average Bonchev–Trinajstić information content (AvgIpc) is 4.11. The Morgan fingerprint density at radius 3 is 1.03 bits per heavy atom. The van der Waals surface area contributed by atoms with Crippen LogP contribution in [0.25, 0.3) is 12.2 Å². The second-order valence-electron chi connectivity index (χ2n) is 22.1. The van der Waals surface area contributed by atoms with Gasteiger partial charge in [0.2, 0.25) is 11.8 Å². The van der Waals surface area contributed by atoms with Gasteiger partial charge in [0.05, 0.1) is 0 Å². The van der Waals surface area contributed by atoms with Gasteiger partial charge in [0.15, 0.2) is 17.4 Å². The van der Waals surface area contributed by atoms with E-state index in [0.29, 0.717) is 17.8 Å². The van der Waals surface area contributed by atoms with Crippen LogP contribution in [0.1, 0.15) is 192 Å². The molecule has 2 aromatic heterocycles. The van der Waals surface area contributed by atoms with E-state index in [1.165, 1.54) is 46.2 Å².